The molecule has 0 atom stereocenters. The van der Waals surface area contributed by atoms with Crippen LogP contribution in [0, 0.1) is 12.8 Å². The Kier molecular flexibility index (Phi) is 6.36. The molecular formula is C27H27N3O4. The van der Waals surface area contributed by atoms with Crippen LogP contribution in [0.1, 0.15) is 41.2 Å². The van der Waals surface area contributed by atoms with Crippen LogP contribution in [0.15, 0.2) is 59.0 Å². The molecule has 4 rings (SSSR count). The molecule has 0 unspecified atom stereocenters. The minimum Gasteiger partial charge on any atom is -0.465 e. The Labute approximate surface area is 197 Å². The molecule has 0 bridgehead atoms. The van der Waals surface area contributed by atoms with Crippen LogP contribution in [-0.2, 0) is 13.0 Å². The van der Waals surface area contributed by atoms with Gasteiger partial charge in [0.25, 0.3) is 5.91 Å². The minimum absolute atomic E-state index is 0.0885. The summed E-state index contributed by atoms with van der Waals surface area (Å²) in [6.07, 6.45) is -0.373. The van der Waals surface area contributed by atoms with E-state index in [4.69, 9.17) is 15.1 Å². The maximum Gasteiger partial charge on any atom is 0.404 e. The van der Waals surface area contributed by atoms with Gasteiger partial charge in [0.05, 0.1) is 5.52 Å². The number of amides is 2. The summed E-state index contributed by atoms with van der Waals surface area (Å²) in [6.45, 7) is 6.39. The first-order valence-corrected chi connectivity index (χ1v) is 11.1. The maximum atomic E-state index is 11.5. The Hall–Kier alpha value is -4.13. The van der Waals surface area contributed by atoms with Gasteiger partial charge in [0.15, 0.2) is 5.76 Å². The lowest BCUT2D eigenvalue weighted by Gasteiger charge is -2.19. The van der Waals surface area contributed by atoms with Crippen molar-refractivity contribution in [3.8, 4) is 22.5 Å². The van der Waals surface area contributed by atoms with E-state index in [1.165, 1.54) is 0 Å². The number of hydrogen-bond acceptors (Lipinski definition) is 4. The molecule has 4 N–H and O–H groups in total. The molecule has 7 heteroatoms. The summed E-state index contributed by atoms with van der Waals surface area (Å²) in [5, 5.41) is 12.7. The molecule has 2 aromatic carbocycles. The van der Waals surface area contributed by atoms with E-state index in [1.54, 1.807) is 12.1 Å². The highest BCUT2D eigenvalue weighted by Gasteiger charge is 2.19. The zero-order valence-corrected chi connectivity index (χ0v) is 19.4. The van der Waals surface area contributed by atoms with Gasteiger partial charge in [-0.15, -0.1) is 0 Å². The average molecular weight is 458 g/mol. The molecule has 174 valence electrons. The molecule has 2 heterocycles. The molecule has 0 radical (unpaired) electrons. The minimum atomic E-state index is -1.09. The molecule has 0 aliphatic carbocycles. The van der Waals surface area contributed by atoms with E-state index in [9.17, 15) is 14.7 Å². The summed E-state index contributed by atoms with van der Waals surface area (Å²) in [7, 11) is 0. The normalized spacial score (nSPS) is 11.2. The van der Waals surface area contributed by atoms with E-state index >= 15 is 0 Å². The van der Waals surface area contributed by atoms with Gasteiger partial charge in [-0.3, -0.25) is 9.78 Å². The first-order valence-electron chi connectivity index (χ1n) is 11.1. The molecule has 2 aromatic heterocycles. The number of nitrogens with zero attached hydrogens (tertiary/aromatic N) is 1. The number of furan rings is 1. The Morgan fingerprint density at radius 2 is 1.76 bits per heavy atom. The van der Waals surface area contributed by atoms with Crippen LogP contribution in [-0.4, -0.2) is 22.1 Å². The third kappa shape index (κ3) is 4.78. The maximum absolute atomic E-state index is 11.5. The van der Waals surface area contributed by atoms with E-state index in [0.717, 1.165) is 44.4 Å². The zero-order chi connectivity index (χ0) is 24.4. The molecule has 0 saturated heterocycles. The highest BCUT2D eigenvalue weighted by atomic mass is 16.4. The Morgan fingerprint density at radius 1 is 1.06 bits per heavy atom. The summed E-state index contributed by atoms with van der Waals surface area (Å²) >= 11 is 0. The quantitative estimate of drug-likeness (QED) is 0.337. The van der Waals surface area contributed by atoms with E-state index in [-0.39, 0.29) is 12.3 Å². The Balaban J connectivity index is 2.00. The second-order valence-electron chi connectivity index (χ2n) is 8.79. The number of hydrogen-bond donors (Lipinski definition) is 3. The van der Waals surface area contributed by atoms with Crippen LogP contribution < -0.4 is 11.1 Å². The van der Waals surface area contributed by atoms with Gasteiger partial charge in [-0.2, -0.15) is 0 Å². The molecule has 7 nitrogen and oxygen atoms in total. The largest absolute Gasteiger partial charge is 0.465 e. The monoisotopic (exact) mass is 457 g/mol. The molecule has 0 aliphatic heterocycles. The van der Waals surface area contributed by atoms with E-state index in [2.05, 4.69) is 19.2 Å². The van der Waals surface area contributed by atoms with Gasteiger partial charge in [-0.05, 0) is 60.7 Å². The second-order valence-corrected chi connectivity index (χ2v) is 8.79. The predicted molar refractivity (Wildman–Crippen MR) is 132 cm³/mol. The van der Waals surface area contributed by atoms with E-state index in [0.29, 0.717) is 18.1 Å². The summed E-state index contributed by atoms with van der Waals surface area (Å²) in [5.41, 5.74) is 11.7. The van der Waals surface area contributed by atoms with E-state index < -0.39 is 12.0 Å². The number of benzene rings is 2. The van der Waals surface area contributed by atoms with Crippen LogP contribution in [0.2, 0.25) is 0 Å². The van der Waals surface area contributed by atoms with Crippen LogP contribution in [0.4, 0.5) is 4.79 Å². The van der Waals surface area contributed by atoms with Crippen LogP contribution in [0.5, 0.6) is 0 Å². The van der Waals surface area contributed by atoms with Crippen molar-refractivity contribution in [1.29, 1.82) is 0 Å². The number of primary amides is 1. The average Bonchev–Trinajstić information content (AvgIpc) is 3.28. The number of rotatable bonds is 7. The molecule has 2 amide bonds. The molecule has 0 fully saturated rings. The number of aryl methyl sites for hydroxylation is 1. The fraction of sp³-hybridized carbons (Fsp3) is 0.222. The molecule has 4 aromatic rings. The number of carboxylic acid groups (broad SMARTS) is 1. The summed E-state index contributed by atoms with van der Waals surface area (Å²) in [4.78, 5) is 27.8. The third-order valence-corrected chi connectivity index (χ3v) is 5.66. The molecule has 0 saturated carbocycles. The number of aromatic nitrogens is 1. The number of fused-ring (bicyclic) bond motifs is 1. The smallest absolute Gasteiger partial charge is 0.404 e. The van der Waals surface area contributed by atoms with Crippen molar-refractivity contribution in [2.75, 3.05) is 0 Å². The van der Waals surface area contributed by atoms with Gasteiger partial charge in [0.1, 0.15) is 5.76 Å². The number of nitrogens with one attached hydrogen (secondary N) is 1. The van der Waals surface area contributed by atoms with Gasteiger partial charge in [-0.25, -0.2) is 4.79 Å². The van der Waals surface area contributed by atoms with Gasteiger partial charge < -0.3 is 20.6 Å². The fourth-order valence-electron chi connectivity index (χ4n) is 4.09. The first kappa shape index (κ1) is 23.0. The molecule has 34 heavy (non-hydrogen) atoms. The van der Waals surface area contributed by atoms with Crippen molar-refractivity contribution in [3.05, 3.63) is 77.2 Å². The number of carbonyl (C=O) groups is 2. The van der Waals surface area contributed by atoms with Crippen molar-refractivity contribution in [2.24, 2.45) is 11.7 Å². The van der Waals surface area contributed by atoms with Crippen molar-refractivity contribution >= 4 is 22.9 Å². The predicted octanol–water partition coefficient (Wildman–Crippen LogP) is 5.54. The topological polar surface area (TPSA) is 118 Å². The zero-order valence-electron chi connectivity index (χ0n) is 19.4. The van der Waals surface area contributed by atoms with Crippen LogP contribution in [0.25, 0.3) is 33.4 Å². The van der Waals surface area contributed by atoms with Crippen molar-refractivity contribution in [3.63, 3.8) is 0 Å². The third-order valence-electron chi connectivity index (χ3n) is 5.66. The second kappa shape index (κ2) is 9.39. The molecular weight excluding hydrogens is 430 g/mol. The SMILES string of the molecule is Cc1ccc(-c2c(CNC(=O)O)c(CC(C)C)nc3ccc(-c4ccc(C(N)=O)o4)cc23)cc1. The Bertz CT molecular complexity index is 1370. The summed E-state index contributed by atoms with van der Waals surface area (Å²) < 4.78 is 5.64. The first-order chi connectivity index (χ1) is 16.2. The van der Waals surface area contributed by atoms with Crippen LogP contribution >= 0.6 is 0 Å². The van der Waals surface area contributed by atoms with Crippen molar-refractivity contribution in [1.82, 2.24) is 10.3 Å². The van der Waals surface area contributed by atoms with E-state index in [1.807, 2.05) is 49.4 Å². The fourth-order valence-corrected chi connectivity index (χ4v) is 4.09. The number of nitrogens with two attached hydrogens (primary N) is 1. The highest BCUT2D eigenvalue weighted by molar-refractivity contribution is 5.99. The lowest BCUT2D eigenvalue weighted by molar-refractivity contribution is 0.0974. The van der Waals surface area contributed by atoms with Crippen molar-refractivity contribution < 1.29 is 19.1 Å². The van der Waals surface area contributed by atoms with Crippen LogP contribution in [0.3, 0.4) is 0 Å². The number of pyridine rings is 1. The summed E-state index contributed by atoms with van der Waals surface area (Å²) in [6, 6.07) is 17.2. The van der Waals surface area contributed by atoms with Crippen molar-refractivity contribution in [2.45, 2.75) is 33.7 Å². The number of carbonyl (C=O) groups excluding carboxylic acids is 1. The van der Waals surface area contributed by atoms with Gasteiger partial charge in [0.2, 0.25) is 0 Å². The van der Waals surface area contributed by atoms with Gasteiger partial charge in [0, 0.05) is 28.8 Å². The standard InChI is InChI=1S/C27H27N3O4/c1-15(2)12-22-20(14-29-27(32)33)25(17-6-4-16(3)5-7-17)19-13-18(8-9-21(19)30-22)23-10-11-24(34-23)26(28)31/h4-11,13,15,29H,12,14H2,1-3H3,(H2,28,31)(H,32,33). The lowest BCUT2D eigenvalue weighted by atomic mass is 9.90. The Morgan fingerprint density at radius 3 is 2.38 bits per heavy atom. The molecule has 0 spiro atoms. The summed E-state index contributed by atoms with van der Waals surface area (Å²) in [5.74, 6) is 0.316. The lowest BCUT2D eigenvalue weighted by Crippen LogP contribution is -2.22. The van der Waals surface area contributed by atoms with Gasteiger partial charge >= 0.3 is 6.09 Å². The highest BCUT2D eigenvalue weighted by Crippen LogP contribution is 2.37. The van der Waals surface area contributed by atoms with Gasteiger partial charge in [-0.1, -0.05) is 43.7 Å². The molecule has 0 aliphatic rings.